The van der Waals surface area contributed by atoms with E-state index < -0.39 is 6.09 Å². The minimum absolute atomic E-state index is 0.709. The van der Waals surface area contributed by atoms with Crippen LogP contribution in [-0.2, 0) is 12.8 Å². The lowest BCUT2D eigenvalue weighted by Crippen LogP contribution is -2.25. The minimum atomic E-state index is -0.919. The number of aryl methyl sites for hydroxylation is 1. The van der Waals surface area contributed by atoms with Crippen LogP contribution in [0.15, 0.2) is 48.5 Å². The molecule has 0 fully saturated rings. The summed E-state index contributed by atoms with van der Waals surface area (Å²) in [6, 6.07) is 15.7. The molecule has 0 radical (unpaired) electrons. The smallest absolute Gasteiger partial charge is 0.416 e. The molecule has 2 aromatic carbocycles. The first-order valence-electron chi connectivity index (χ1n) is 12.9. The second-order valence-corrected chi connectivity index (χ2v) is 8.90. The molecular weight excluding hydrogens is 394 g/mol. The number of hydrogen-bond acceptors (Lipinski definition) is 1. The highest BCUT2D eigenvalue weighted by molar-refractivity contribution is 5.95. The molecule has 0 spiro atoms. The summed E-state index contributed by atoms with van der Waals surface area (Å²) < 4.78 is 0. The van der Waals surface area contributed by atoms with Gasteiger partial charge in [-0.3, -0.25) is 0 Å². The van der Waals surface area contributed by atoms with Crippen molar-refractivity contribution in [2.75, 3.05) is 4.90 Å². The maximum atomic E-state index is 12.3. The van der Waals surface area contributed by atoms with Crippen LogP contribution in [0.4, 0.5) is 16.2 Å². The molecule has 0 aliphatic rings. The maximum Gasteiger partial charge on any atom is 0.416 e. The average molecular weight is 438 g/mol. The van der Waals surface area contributed by atoms with Crippen LogP contribution >= 0.6 is 0 Å². The number of anilines is 2. The van der Waals surface area contributed by atoms with Gasteiger partial charge in [0.25, 0.3) is 0 Å². The van der Waals surface area contributed by atoms with E-state index in [1.54, 1.807) is 0 Å². The highest BCUT2D eigenvalue weighted by Crippen LogP contribution is 2.33. The molecular formula is C29H43NO2. The third-order valence-corrected chi connectivity index (χ3v) is 6.27. The fourth-order valence-corrected chi connectivity index (χ4v) is 4.46. The topological polar surface area (TPSA) is 40.5 Å². The van der Waals surface area contributed by atoms with Crippen LogP contribution in [0.2, 0.25) is 0 Å². The van der Waals surface area contributed by atoms with Crippen LogP contribution in [0.25, 0.3) is 0 Å². The summed E-state index contributed by atoms with van der Waals surface area (Å²) in [5.41, 5.74) is 4.10. The Hall–Kier alpha value is -2.29. The Bertz CT molecular complexity index is 772. The molecule has 0 atom stereocenters. The summed E-state index contributed by atoms with van der Waals surface area (Å²) in [5, 5.41) is 10.1. The SMILES string of the molecule is CCCCCCCCc1cccc(N(C(=O)O)c2ccccc2)c1CCCCCCCC. The molecule has 0 heterocycles. The number of para-hydroxylation sites is 1. The zero-order chi connectivity index (χ0) is 23.0. The Morgan fingerprint density at radius 2 is 1.25 bits per heavy atom. The van der Waals surface area contributed by atoms with Crippen LogP contribution in [-0.4, -0.2) is 11.2 Å². The molecule has 1 N–H and O–H groups in total. The first kappa shape index (κ1) is 26.0. The van der Waals surface area contributed by atoms with Crippen LogP contribution in [0, 0.1) is 0 Å². The van der Waals surface area contributed by atoms with E-state index in [0.29, 0.717) is 5.69 Å². The molecule has 176 valence electrons. The Balaban J connectivity index is 2.19. The molecule has 0 bridgehead atoms. The number of unbranched alkanes of at least 4 members (excludes halogenated alkanes) is 10. The number of amides is 1. The largest absolute Gasteiger partial charge is 0.464 e. The minimum Gasteiger partial charge on any atom is -0.464 e. The summed E-state index contributed by atoms with van der Waals surface area (Å²) in [7, 11) is 0. The van der Waals surface area contributed by atoms with Gasteiger partial charge in [-0.2, -0.15) is 0 Å². The zero-order valence-electron chi connectivity index (χ0n) is 20.3. The fourth-order valence-electron chi connectivity index (χ4n) is 4.46. The number of nitrogens with zero attached hydrogens (tertiary/aromatic N) is 1. The number of carboxylic acid groups (broad SMARTS) is 1. The highest BCUT2D eigenvalue weighted by Gasteiger charge is 2.21. The summed E-state index contributed by atoms with van der Waals surface area (Å²) >= 11 is 0. The summed E-state index contributed by atoms with van der Waals surface area (Å²) in [6.07, 6.45) is 16.2. The average Bonchev–Trinajstić information content (AvgIpc) is 2.80. The van der Waals surface area contributed by atoms with Gasteiger partial charge in [0.1, 0.15) is 0 Å². The number of carbonyl (C=O) groups is 1. The molecule has 2 aromatic rings. The van der Waals surface area contributed by atoms with E-state index in [-0.39, 0.29) is 0 Å². The second kappa shape index (κ2) is 15.5. The molecule has 0 unspecified atom stereocenters. The number of rotatable bonds is 16. The van der Waals surface area contributed by atoms with E-state index >= 15 is 0 Å². The van der Waals surface area contributed by atoms with E-state index in [0.717, 1.165) is 24.9 Å². The Kier molecular flexibility index (Phi) is 12.6. The Morgan fingerprint density at radius 1 is 0.688 bits per heavy atom. The molecule has 2 rings (SSSR count). The van der Waals surface area contributed by atoms with Crippen LogP contribution in [0.5, 0.6) is 0 Å². The van der Waals surface area contributed by atoms with Gasteiger partial charge < -0.3 is 5.11 Å². The molecule has 32 heavy (non-hydrogen) atoms. The van der Waals surface area contributed by atoms with E-state index in [1.165, 1.54) is 86.7 Å². The highest BCUT2D eigenvalue weighted by atomic mass is 16.4. The van der Waals surface area contributed by atoms with Crippen molar-refractivity contribution in [1.82, 2.24) is 0 Å². The van der Waals surface area contributed by atoms with Gasteiger partial charge in [0.15, 0.2) is 0 Å². The van der Waals surface area contributed by atoms with E-state index in [9.17, 15) is 9.90 Å². The molecule has 3 heteroatoms. The van der Waals surface area contributed by atoms with Gasteiger partial charge in [0.05, 0.1) is 11.4 Å². The standard InChI is InChI=1S/C29H43NO2/c1-3-5-7-9-11-14-19-25-20-18-24-28(27(25)23-17-12-10-8-6-4-2)30(29(31)32)26-21-15-13-16-22-26/h13,15-16,18,20-22,24H,3-12,14,17,19,23H2,1-2H3,(H,31,32). The van der Waals surface area contributed by atoms with Gasteiger partial charge in [0.2, 0.25) is 0 Å². The number of benzene rings is 2. The van der Waals surface area contributed by atoms with Crippen LogP contribution in [0.3, 0.4) is 0 Å². The Morgan fingerprint density at radius 3 is 1.84 bits per heavy atom. The molecule has 3 nitrogen and oxygen atoms in total. The predicted octanol–water partition coefficient (Wildman–Crippen LogP) is 9.31. The van der Waals surface area contributed by atoms with Crippen molar-refractivity contribution in [2.24, 2.45) is 0 Å². The molecule has 1 amide bonds. The fraction of sp³-hybridized carbons (Fsp3) is 0.552. The van der Waals surface area contributed by atoms with Crippen molar-refractivity contribution in [3.05, 3.63) is 59.7 Å². The van der Waals surface area contributed by atoms with Gasteiger partial charge in [-0.15, -0.1) is 0 Å². The third kappa shape index (κ3) is 8.68. The number of hydrogen-bond donors (Lipinski definition) is 1. The van der Waals surface area contributed by atoms with Gasteiger partial charge in [0, 0.05) is 0 Å². The first-order valence-corrected chi connectivity index (χ1v) is 12.9. The summed E-state index contributed by atoms with van der Waals surface area (Å²) in [6.45, 7) is 4.50. The normalized spacial score (nSPS) is 10.9. The Labute approximate surface area is 195 Å². The molecule has 0 saturated heterocycles. The molecule has 0 saturated carbocycles. The molecule has 0 aliphatic heterocycles. The van der Waals surface area contributed by atoms with Crippen molar-refractivity contribution < 1.29 is 9.90 Å². The zero-order valence-corrected chi connectivity index (χ0v) is 20.3. The van der Waals surface area contributed by atoms with Gasteiger partial charge in [-0.1, -0.05) is 108 Å². The van der Waals surface area contributed by atoms with Gasteiger partial charge >= 0.3 is 6.09 Å². The first-order chi connectivity index (χ1) is 15.7. The van der Waals surface area contributed by atoms with E-state index in [2.05, 4.69) is 19.9 Å². The van der Waals surface area contributed by atoms with E-state index in [4.69, 9.17) is 0 Å². The van der Waals surface area contributed by atoms with Crippen molar-refractivity contribution in [3.63, 3.8) is 0 Å². The lowest BCUT2D eigenvalue weighted by Gasteiger charge is -2.24. The summed E-state index contributed by atoms with van der Waals surface area (Å²) in [5.74, 6) is 0. The maximum absolute atomic E-state index is 12.3. The lowest BCUT2D eigenvalue weighted by molar-refractivity contribution is 0.204. The molecule has 0 aromatic heterocycles. The van der Waals surface area contributed by atoms with Crippen molar-refractivity contribution in [1.29, 1.82) is 0 Å². The van der Waals surface area contributed by atoms with Crippen LogP contribution in [0.1, 0.15) is 102 Å². The van der Waals surface area contributed by atoms with Crippen molar-refractivity contribution in [2.45, 2.75) is 104 Å². The van der Waals surface area contributed by atoms with Crippen LogP contribution < -0.4 is 4.90 Å². The van der Waals surface area contributed by atoms with Crippen molar-refractivity contribution >= 4 is 17.5 Å². The summed E-state index contributed by atoms with van der Waals surface area (Å²) in [4.78, 5) is 13.8. The lowest BCUT2D eigenvalue weighted by atomic mass is 9.94. The second-order valence-electron chi connectivity index (χ2n) is 8.90. The molecule has 0 aliphatic carbocycles. The van der Waals surface area contributed by atoms with Gasteiger partial charge in [-0.05, 0) is 55.0 Å². The van der Waals surface area contributed by atoms with Gasteiger partial charge in [-0.25, -0.2) is 9.69 Å². The monoisotopic (exact) mass is 437 g/mol. The third-order valence-electron chi connectivity index (χ3n) is 6.27. The van der Waals surface area contributed by atoms with E-state index in [1.807, 2.05) is 42.5 Å². The predicted molar refractivity (Wildman–Crippen MR) is 137 cm³/mol. The van der Waals surface area contributed by atoms with Crippen molar-refractivity contribution in [3.8, 4) is 0 Å². The quantitative estimate of drug-likeness (QED) is 0.266.